The zero-order chi connectivity index (χ0) is 37.0. The van der Waals surface area contributed by atoms with E-state index in [0.717, 1.165) is 37.1 Å². The van der Waals surface area contributed by atoms with Crippen molar-refractivity contribution in [2.45, 2.75) is 26.7 Å². The van der Waals surface area contributed by atoms with Gasteiger partial charge in [-0.05, 0) is 110 Å². The summed E-state index contributed by atoms with van der Waals surface area (Å²) in [6.07, 6.45) is 1.65. The monoisotopic (exact) mass is 710 g/mol. The molecule has 5 rings (SSSR count). The fraction of sp³-hybridized carbons (Fsp3) is 0.150. The molecule has 0 aliphatic heterocycles. The summed E-state index contributed by atoms with van der Waals surface area (Å²) in [5.74, 6) is -5.19. The Labute approximate surface area is 297 Å². The molecule has 0 bridgehead atoms. The zero-order valence-corrected chi connectivity index (χ0v) is 28.1. The predicted octanol–water partition coefficient (Wildman–Crippen LogP) is 8.42. The summed E-state index contributed by atoms with van der Waals surface area (Å²) in [6.45, 7) is 4.98. The molecule has 0 unspecified atom stereocenters. The van der Waals surface area contributed by atoms with Gasteiger partial charge in [-0.15, -0.1) is 0 Å². The van der Waals surface area contributed by atoms with E-state index in [2.05, 4.69) is 0 Å². The van der Waals surface area contributed by atoms with Gasteiger partial charge in [-0.1, -0.05) is 19.9 Å². The number of hydrogen-bond donors (Lipinski definition) is 0. The number of hydrogen-bond acceptors (Lipinski definition) is 10. The van der Waals surface area contributed by atoms with Crippen LogP contribution in [-0.2, 0) is 0 Å². The van der Waals surface area contributed by atoms with Crippen LogP contribution >= 0.6 is 0 Å². The maximum absolute atomic E-state index is 14.8. The van der Waals surface area contributed by atoms with Crippen molar-refractivity contribution in [3.05, 3.63) is 143 Å². The number of carbonyl (C=O) groups is 4. The molecular weight excluding hydrogens is 678 g/mol. The Morgan fingerprint density at radius 3 is 1.17 bits per heavy atom. The highest BCUT2D eigenvalue weighted by Gasteiger charge is 2.19. The smallest absolute Gasteiger partial charge is 0.343 e. The van der Waals surface area contributed by atoms with Crippen LogP contribution in [0, 0.1) is 11.6 Å². The van der Waals surface area contributed by atoms with Crippen LogP contribution in [0.4, 0.5) is 8.78 Å². The minimum absolute atomic E-state index is 0.0454. The second-order valence-corrected chi connectivity index (χ2v) is 11.1. The molecule has 0 spiro atoms. The molecular formula is C40H32F2O10. The summed E-state index contributed by atoms with van der Waals surface area (Å²) >= 11 is 0. The molecule has 0 saturated carbocycles. The fourth-order valence-electron chi connectivity index (χ4n) is 4.49. The number of ether oxygens (including phenoxy) is 6. The zero-order valence-electron chi connectivity index (χ0n) is 28.1. The molecule has 0 aliphatic rings. The Morgan fingerprint density at radius 1 is 0.442 bits per heavy atom. The summed E-state index contributed by atoms with van der Waals surface area (Å²) in [5.41, 5.74) is -0.0320. The number of carbonyl (C=O) groups excluding carboxylic acids is 4. The maximum Gasteiger partial charge on any atom is 0.343 e. The molecule has 52 heavy (non-hydrogen) atoms. The Bertz CT molecular complexity index is 1920. The van der Waals surface area contributed by atoms with E-state index < -0.39 is 47.0 Å². The van der Waals surface area contributed by atoms with Crippen LogP contribution in [-0.4, -0.2) is 37.1 Å². The summed E-state index contributed by atoms with van der Waals surface area (Å²) in [5, 5.41) is 0. The Hall–Kier alpha value is -6.56. The van der Waals surface area contributed by atoms with Gasteiger partial charge in [0.15, 0.2) is 23.1 Å². The lowest BCUT2D eigenvalue weighted by molar-refractivity contribution is 0.0716. The molecule has 12 heteroatoms. The lowest BCUT2D eigenvalue weighted by atomic mass is 10.2. The van der Waals surface area contributed by atoms with Gasteiger partial charge in [0.2, 0.25) is 0 Å². The Kier molecular flexibility index (Phi) is 12.3. The van der Waals surface area contributed by atoms with Crippen LogP contribution in [0.25, 0.3) is 0 Å². The third-order valence-corrected chi connectivity index (χ3v) is 7.09. The van der Waals surface area contributed by atoms with Crippen LogP contribution < -0.4 is 28.4 Å². The average molecular weight is 711 g/mol. The molecule has 0 fully saturated rings. The molecule has 0 atom stereocenters. The average Bonchev–Trinajstić information content (AvgIpc) is 3.15. The van der Waals surface area contributed by atoms with Crippen LogP contribution in [0.3, 0.4) is 0 Å². The SMILES string of the molecule is CCCOc1ccc(C(=O)Oc2ccc(C(=O)Oc3cccc(OC(=O)c4ccc(OC(=O)c5ccc(OCCC)cc5)c(F)c4)c3)cc2F)cc1. The van der Waals surface area contributed by atoms with E-state index in [1.54, 1.807) is 24.3 Å². The van der Waals surface area contributed by atoms with Gasteiger partial charge in [0.25, 0.3) is 0 Å². The van der Waals surface area contributed by atoms with Gasteiger partial charge >= 0.3 is 23.9 Å². The minimum atomic E-state index is -0.979. The van der Waals surface area contributed by atoms with Gasteiger partial charge in [-0.25, -0.2) is 28.0 Å². The molecule has 5 aromatic rings. The summed E-state index contributed by atoms with van der Waals surface area (Å²) in [7, 11) is 0. The number of esters is 4. The molecule has 0 radical (unpaired) electrons. The molecule has 0 heterocycles. The minimum Gasteiger partial charge on any atom is -0.494 e. The van der Waals surface area contributed by atoms with Crippen LogP contribution in [0.15, 0.2) is 109 Å². The van der Waals surface area contributed by atoms with E-state index in [9.17, 15) is 28.0 Å². The van der Waals surface area contributed by atoms with E-state index >= 15 is 0 Å². The molecule has 5 aromatic carbocycles. The molecule has 0 amide bonds. The van der Waals surface area contributed by atoms with Crippen molar-refractivity contribution in [1.82, 2.24) is 0 Å². The highest BCUT2D eigenvalue weighted by atomic mass is 19.1. The van der Waals surface area contributed by atoms with E-state index in [1.165, 1.54) is 60.7 Å². The highest BCUT2D eigenvalue weighted by molar-refractivity contribution is 5.94. The third kappa shape index (κ3) is 9.78. The molecule has 0 saturated heterocycles. The standard InChI is InChI=1S/C40H32F2O10/c1-3-20-47-29-14-8-25(9-15-29)37(43)51-35-18-12-27(22-33(35)41)39(45)49-31-6-5-7-32(24-31)50-40(46)28-13-19-36(34(42)23-28)52-38(44)26-10-16-30(17-11-26)48-21-4-2/h5-19,22-24H,3-4,20-21H2,1-2H3. The first kappa shape index (κ1) is 36.7. The number of halogens is 2. The Morgan fingerprint density at radius 2 is 0.808 bits per heavy atom. The number of benzene rings is 5. The molecule has 0 aromatic heterocycles. The summed E-state index contributed by atoms with van der Waals surface area (Å²) in [4.78, 5) is 50.6. The first-order chi connectivity index (χ1) is 25.1. The van der Waals surface area contributed by atoms with Gasteiger partial charge < -0.3 is 28.4 Å². The topological polar surface area (TPSA) is 124 Å². The van der Waals surface area contributed by atoms with Gasteiger partial charge in [-0.2, -0.15) is 0 Å². The van der Waals surface area contributed by atoms with Crippen LogP contribution in [0.5, 0.6) is 34.5 Å². The highest BCUT2D eigenvalue weighted by Crippen LogP contribution is 2.26. The van der Waals surface area contributed by atoms with Gasteiger partial charge in [0.1, 0.15) is 23.0 Å². The van der Waals surface area contributed by atoms with Crippen molar-refractivity contribution >= 4 is 23.9 Å². The van der Waals surface area contributed by atoms with E-state index in [0.29, 0.717) is 24.7 Å². The largest absolute Gasteiger partial charge is 0.494 e. The Balaban J connectivity index is 1.16. The summed E-state index contributed by atoms with van der Waals surface area (Å²) in [6, 6.07) is 24.2. The molecule has 0 N–H and O–H groups in total. The van der Waals surface area contributed by atoms with E-state index in [4.69, 9.17) is 28.4 Å². The van der Waals surface area contributed by atoms with Crippen molar-refractivity contribution in [3.8, 4) is 34.5 Å². The van der Waals surface area contributed by atoms with Crippen molar-refractivity contribution < 1.29 is 56.4 Å². The molecule has 0 aliphatic carbocycles. The van der Waals surface area contributed by atoms with Crippen LogP contribution in [0.1, 0.15) is 68.1 Å². The van der Waals surface area contributed by atoms with Crippen molar-refractivity contribution in [3.63, 3.8) is 0 Å². The molecule has 10 nitrogen and oxygen atoms in total. The lowest BCUT2D eigenvalue weighted by Gasteiger charge is -2.10. The molecule has 266 valence electrons. The van der Waals surface area contributed by atoms with Crippen molar-refractivity contribution in [1.29, 1.82) is 0 Å². The van der Waals surface area contributed by atoms with Crippen molar-refractivity contribution in [2.24, 2.45) is 0 Å². The normalized spacial score (nSPS) is 10.5. The third-order valence-electron chi connectivity index (χ3n) is 7.09. The van der Waals surface area contributed by atoms with Gasteiger partial charge in [-0.3, -0.25) is 0 Å². The van der Waals surface area contributed by atoms with E-state index in [1.807, 2.05) is 13.8 Å². The first-order valence-corrected chi connectivity index (χ1v) is 16.2. The predicted molar refractivity (Wildman–Crippen MR) is 184 cm³/mol. The second kappa shape index (κ2) is 17.4. The quantitative estimate of drug-likeness (QED) is 0.0820. The lowest BCUT2D eigenvalue weighted by Crippen LogP contribution is -2.12. The van der Waals surface area contributed by atoms with Crippen molar-refractivity contribution in [2.75, 3.05) is 13.2 Å². The van der Waals surface area contributed by atoms with Gasteiger partial charge in [0, 0.05) is 6.07 Å². The fourth-order valence-corrected chi connectivity index (χ4v) is 4.49. The number of rotatable bonds is 14. The van der Waals surface area contributed by atoms with Gasteiger partial charge in [0.05, 0.1) is 35.5 Å². The van der Waals surface area contributed by atoms with Crippen LogP contribution in [0.2, 0.25) is 0 Å². The second-order valence-electron chi connectivity index (χ2n) is 11.1. The summed E-state index contributed by atoms with van der Waals surface area (Å²) < 4.78 is 61.5. The first-order valence-electron chi connectivity index (χ1n) is 16.2. The van der Waals surface area contributed by atoms with E-state index in [-0.39, 0.29) is 33.8 Å². The maximum atomic E-state index is 14.8.